The first kappa shape index (κ1) is 19.0. The van der Waals surface area contributed by atoms with Gasteiger partial charge in [-0.1, -0.05) is 17.7 Å². The molecule has 2 N–H and O–H groups in total. The van der Waals surface area contributed by atoms with Gasteiger partial charge in [-0.2, -0.15) is 0 Å². The zero-order valence-electron chi connectivity index (χ0n) is 13.9. The van der Waals surface area contributed by atoms with E-state index in [2.05, 4.69) is 0 Å². The van der Waals surface area contributed by atoms with E-state index in [0.29, 0.717) is 11.1 Å². The fourth-order valence-corrected chi connectivity index (χ4v) is 3.15. The Bertz CT molecular complexity index is 1110. The highest BCUT2D eigenvalue weighted by atomic mass is 35.5. The third-order valence-electron chi connectivity index (χ3n) is 4.24. The third-order valence-corrected chi connectivity index (χ3v) is 4.64. The number of carboxylic acids is 1. The van der Waals surface area contributed by atoms with Crippen molar-refractivity contribution in [2.45, 2.75) is 13.0 Å². The first-order valence-corrected chi connectivity index (χ1v) is 8.34. The average molecular weight is 394 g/mol. The number of fused-ring (bicyclic) bond motifs is 1. The van der Waals surface area contributed by atoms with Crippen molar-refractivity contribution < 1.29 is 23.8 Å². The Balaban J connectivity index is 2.18. The molecule has 27 heavy (non-hydrogen) atoms. The van der Waals surface area contributed by atoms with Gasteiger partial charge < -0.3 is 14.8 Å². The van der Waals surface area contributed by atoms with Crippen LogP contribution in [0.25, 0.3) is 10.9 Å². The number of carboxylic acid groups (broad SMARTS) is 1. The summed E-state index contributed by atoms with van der Waals surface area (Å²) in [4.78, 5) is 23.8. The van der Waals surface area contributed by atoms with Crippen LogP contribution in [0.4, 0.5) is 8.78 Å². The normalized spacial score (nSPS) is 11.1. The lowest BCUT2D eigenvalue weighted by Crippen LogP contribution is -2.20. The maximum absolute atomic E-state index is 14.0. The van der Waals surface area contributed by atoms with Crippen LogP contribution in [0.15, 0.2) is 41.3 Å². The average Bonchev–Trinajstić information content (AvgIpc) is 2.64. The lowest BCUT2D eigenvalue weighted by atomic mass is 10.0. The van der Waals surface area contributed by atoms with Gasteiger partial charge in [-0.25, -0.2) is 13.6 Å². The van der Waals surface area contributed by atoms with Crippen molar-refractivity contribution in [1.82, 2.24) is 4.57 Å². The lowest BCUT2D eigenvalue weighted by Gasteiger charge is -2.13. The number of nitrogens with zero attached hydrogens (tertiary/aromatic N) is 1. The van der Waals surface area contributed by atoms with Gasteiger partial charge >= 0.3 is 5.97 Å². The lowest BCUT2D eigenvalue weighted by molar-refractivity contribution is 0.0694. The van der Waals surface area contributed by atoms with Crippen molar-refractivity contribution in [3.05, 3.63) is 80.1 Å². The minimum Gasteiger partial charge on any atom is -0.477 e. The molecule has 0 aliphatic rings. The summed E-state index contributed by atoms with van der Waals surface area (Å²) in [5.41, 5.74) is -0.304. The van der Waals surface area contributed by atoms with Gasteiger partial charge in [-0.15, -0.1) is 0 Å². The Kier molecular flexibility index (Phi) is 5.25. The minimum atomic E-state index is -1.39. The zero-order chi connectivity index (χ0) is 19.7. The van der Waals surface area contributed by atoms with Crippen molar-refractivity contribution in [1.29, 1.82) is 0 Å². The monoisotopic (exact) mass is 393 g/mol. The summed E-state index contributed by atoms with van der Waals surface area (Å²) in [6.45, 7) is -0.149. The van der Waals surface area contributed by atoms with Crippen molar-refractivity contribution in [2.75, 3.05) is 6.61 Å². The largest absolute Gasteiger partial charge is 0.477 e. The summed E-state index contributed by atoms with van der Waals surface area (Å²) in [6, 6.07) is 6.50. The first-order valence-electron chi connectivity index (χ1n) is 7.96. The molecule has 0 fully saturated rings. The number of hydrogen-bond acceptors (Lipinski definition) is 3. The number of pyridine rings is 1. The van der Waals surface area contributed by atoms with Gasteiger partial charge in [0.05, 0.1) is 17.1 Å². The zero-order valence-corrected chi connectivity index (χ0v) is 14.6. The standard InChI is InChI=1S/C19H14ClF2NO4/c20-17-11(14(21)2-3-15(17)22)7-10-1-4-16-12(8-10)18(25)13(19(26)27)9-23(16)5-6-24/h1-4,8-9,24H,5-7H2,(H,26,27). The van der Waals surface area contributed by atoms with Crippen LogP contribution >= 0.6 is 11.6 Å². The summed E-state index contributed by atoms with van der Waals surface area (Å²) in [5.74, 6) is -2.83. The van der Waals surface area contributed by atoms with E-state index in [1.165, 1.54) is 16.8 Å². The van der Waals surface area contributed by atoms with E-state index in [1.807, 2.05) is 0 Å². The van der Waals surface area contributed by atoms with E-state index in [1.54, 1.807) is 12.1 Å². The Labute approximate surface area is 157 Å². The molecule has 0 bridgehead atoms. The van der Waals surface area contributed by atoms with Crippen LogP contribution in [0.2, 0.25) is 5.02 Å². The second-order valence-corrected chi connectivity index (χ2v) is 6.32. The second kappa shape index (κ2) is 7.46. The fourth-order valence-electron chi connectivity index (χ4n) is 2.93. The first-order chi connectivity index (χ1) is 12.8. The molecule has 1 aromatic heterocycles. The number of hydrogen-bond donors (Lipinski definition) is 2. The number of aliphatic hydroxyl groups is 1. The summed E-state index contributed by atoms with van der Waals surface area (Å²) >= 11 is 5.84. The molecule has 0 atom stereocenters. The highest BCUT2D eigenvalue weighted by Crippen LogP contribution is 2.26. The second-order valence-electron chi connectivity index (χ2n) is 5.94. The fraction of sp³-hybridized carbons (Fsp3) is 0.158. The van der Waals surface area contributed by atoms with Crippen LogP contribution in [0.3, 0.4) is 0 Å². The van der Waals surface area contributed by atoms with Crippen molar-refractivity contribution in [3.63, 3.8) is 0 Å². The molecule has 140 valence electrons. The molecule has 0 aliphatic heterocycles. The maximum Gasteiger partial charge on any atom is 0.341 e. The molecule has 5 nitrogen and oxygen atoms in total. The van der Waals surface area contributed by atoms with Crippen LogP contribution in [-0.2, 0) is 13.0 Å². The molecule has 1 heterocycles. The smallest absolute Gasteiger partial charge is 0.341 e. The number of aromatic carboxylic acids is 1. The molecule has 0 spiro atoms. The van der Waals surface area contributed by atoms with Gasteiger partial charge in [0.15, 0.2) is 0 Å². The molecular formula is C19H14ClF2NO4. The van der Waals surface area contributed by atoms with Gasteiger partial charge in [0.1, 0.15) is 17.2 Å². The van der Waals surface area contributed by atoms with Crippen molar-refractivity contribution >= 4 is 28.5 Å². The number of rotatable bonds is 5. The maximum atomic E-state index is 14.0. The van der Waals surface area contributed by atoms with Gasteiger partial charge in [-0.3, -0.25) is 4.79 Å². The van der Waals surface area contributed by atoms with Crippen molar-refractivity contribution in [3.8, 4) is 0 Å². The summed E-state index contributed by atoms with van der Waals surface area (Å²) in [7, 11) is 0. The topological polar surface area (TPSA) is 79.5 Å². The molecule has 0 aliphatic carbocycles. The summed E-state index contributed by atoms with van der Waals surface area (Å²) < 4.78 is 29.1. The minimum absolute atomic E-state index is 0.0545. The predicted octanol–water partition coefficient (Wildman–Crippen LogP) is 3.21. The molecule has 0 unspecified atom stereocenters. The number of benzene rings is 2. The number of aromatic nitrogens is 1. The van der Waals surface area contributed by atoms with E-state index in [4.69, 9.17) is 11.6 Å². The molecule has 3 rings (SSSR count). The Hall–Kier alpha value is -2.77. The van der Waals surface area contributed by atoms with Gasteiger partial charge in [0.25, 0.3) is 0 Å². The van der Waals surface area contributed by atoms with E-state index in [9.17, 15) is 28.6 Å². The van der Waals surface area contributed by atoms with Crippen molar-refractivity contribution in [2.24, 2.45) is 0 Å². The van der Waals surface area contributed by atoms with Crippen LogP contribution in [0.5, 0.6) is 0 Å². The Morgan fingerprint density at radius 1 is 1.15 bits per heavy atom. The Morgan fingerprint density at radius 3 is 2.52 bits per heavy atom. The molecular weight excluding hydrogens is 380 g/mol. The molecule has 0 saturated carbocycles. The van der Waals surface area contributed by atoms with Crippen LogP contribution in [0, 0.1) is 11.6 Å². The van der Waals surface area contributed by atoms with E-state index < -0.39 is 28.6 Å². The summed E-state index contributed by atoms with van der Waals surface area (Å²) in [5, 5.41) is 18.2. The van der Waals surface area contributed by atoms with E-state index in [-0.39, 0.29) is 35.5 Å². The summed E-state index contributed by atoms with van der Waals surface area (Å²) in [6.07, 6.45) is 1.10. The number of halogens is 3. The number of carbonyl (C=O) groups is 1. The number of aliphatic hydroxyl groups excluding tert-OH is 1. The van der Waals surface area contributed by atoms with Gasteiger partial charge in [0, 0.05) is 30.1 Å². The third kappa shape index (κ3) is 3.56. The molecule has 0 saturated heterocycles. The molecule has 2 aromatic carbocycles. The van der Waals surface area contributed by atoms with Crippen LogP contribution in [-0.4, -0.2) is 27.4 Å². The van der Waals surface area contributed by atoms with Gasteiger partial charge in [0.2, 0.25) is 5.43 Å². The molecule has 3 aromatic rings. The van der Waals surface area contributed by atoms with E-state index in [0.717, 1.165) is 12.1 Å². The van der Waals surface area contributed by atoms with Crippen LogP contribution in [0.1, 0.15) is 21.5 Å². The Morgan fingerprint density at radius 2 is 1.85 bits per heavy atom. The SMILES string of the molecule is O=C(O)c1cn(CCO)c2ccc(Cc3c(F)ccc(F)c3Cl)cc2c1=O. The molecule has 0 amide bonds. The van der Waals surface area contributed by atoms with Gasteiger partial charge in [-0.05, 0) is 29.8 Å². The van der Waals surface area contributed by atoms with E-state index >= 15 is 0 Å². The highest BCUT2D eigenvalue weighted by molar-refractivity contribution is 6.31. The highest BCUT2D eigenvalue weighted by Gasteiger charge is 2.17. The quantitative estimate of drug-likeness (QED) is 0.652. The predicted molar refractivity (Wildman–Crippen MR) is 96.4 cm³/mol. The van der Waals surface area contributed by atoms with Crippen LogP contribution < -0.4 is 5.43 Å². The molecule has 0 radical (unpaired) electrons. The molecule has 8 heteroatoms.